The first kappa shape index (κ1) is 14.9. The highest BCUT2D eigenvalue weighted by Gasteiger charge is 2.26. The average molecular weight is 297 g/mol. The number of rotatable bonds is 4. The van der Waals surface area contributed by atoms with E-state index in [1.165, 1.54) is 11.3 Å². The van der Waals surface area contributed by atoms with Crippen LogP contribution in [0.15, 0.2) is 5.51 Å². The fourth-order valence-corrected chi connectivity index (χ4v) is 2.91. The summed E-state index contributed by atoms with van der Waals surface area (Å²) >= 11 is 1.32. The maximum Gasteiger partial charge on any atom is 0.314 e. The van der Waals surface area contributed by atoms with Gasteiger partial charge in [0.15, 0.2) is 0 Å². The van der Waals surface area contributed by atoms with E-state index >= 15 is 0 Å². The monoisotopic (exact) mass is 297 g/mol. The maximum absolute atomic E-state index is 11.8. The molecule has 1 aromatic rings. The molecular weight excluding hydrogens is 278 g/mol. The number of nitrogens with one attached hydrogen (secondary N) is 2. The Bertz CT molecular complexity index is 483. The summed E-state index contributed by atoms with van der Waals surface area (Å²) < 4.78 is 5.48. The number of aromatic nitrogens is 1. The number of anilines is 1. The summed E-state index contributed by atoms with van der Waals surface area (Å²) in [5, 5.41) is 5.92. The van der Waals surface area contributed by atoms with E-state index in [4.69, 9.17) is 4.74 Å². The van der Waals surface area contributed by atoms with Crippen molar-refractivity contribution in [3.8, 4) is 0 Å². The zero-order chi connectivity index (χ0) is 14.5. The van der Waals surface area contributed by atoms with Crippen LogP contribution in [0.4, 0.5) is 5.00 Å². The summed E-state index contributed by atoms with van der Waals surface area (Å²) in [4.78, 5) is 27.8. The fourth-order valence-electron chi connectivity index (χ4n) is 2.14. The molecule has 0 aromatic carbocycles. The number of ether oxygens (including phenoxy) is 1. The molecule has 1 saturated heterocycles. The van der Waals surface area contributed by atoms with Crippen molar-refractivity contribution in [3.63, 3.8) is 0 Å². The molecule has 0 bridgehead atoms. The second kappa shape index (κ2) is 6.81. The Balaban J connectivity index is 1.87. The molecule has 20 heavy (non-hydrogen) atoms. The lowest BCUT2D eigenvalue weighted by molar-refractivity contribution is -0.137. The lowest BCUT2D eigenvalue weighted by Crippen LogP contribution is -2.45. The van der Waals surface area contributed by atoms with Crippen molar-refractivity contribution >= 4 is 28.2 Å². The van der Waals surface area contributed by atoms with Crippen molar-refractivity contribution in [2.45, 2.75) is 45.3 Å². The first-order valence-corrected chi connectivity index (χ1v) is 7.65. The van der Waals surface area contributed by atoms with Crippen LogP contribution in [0.1, 0.15) is 32.4 Å². The molecule has 0 radical (unpaired) electrons. The van der Waals surface area contributed by atoms with Crippen molar-refractivity contribution in [2.24, 2.45) is 0 Å². The van der Waals surface area contributed by atoms with E-state index in [0.29, 0.717) is 11.4 Å². The van der Waals surface area contributed by atoms with Crippen LogP contribution >= 0.6 is 11.3 Å². The van der Waals surface area contributed by atoms with Gasteiger partial charge in [-0.2, -0.15) is 0 Å². The number of hydrogen-bond donors (Lipinski definition) is 2. The molecule has 1 aliphatic rings. The van der Waals surface area contributed by atoms with Crippen molar-refractivity contribution in [2.75, 3.05) is 11.9 Å². The van der Waals surface area contributed by atoms with E-state index in [1.54, 1.807) is 5.51 Å². The van der Waals surface area contributed by atoms with Crippen LogP contribution in [-0.2, 0) is 20.7 Å². The van der Waals surface area contributed by atoms with Gasteiger partial charge in [0, 0.05) is 6.61 Å². The Kier molecular flexibility index (Phi) is 5.08. The van der Waals surface area contributed by atoms with Gasteiger partial charge < -0.3 is 15.4 Å². The molecule has 1 fully saturated rings. The highest BCUT2D eigenvalue weighted by atomic mass is 32.1. The van der Waals surface area contributed by atoms with Crippen molar-refractivity contribution in [1.29, 1.82) is 0 Å². The summed E-state index contributed by atoms with van der Waals surface area (Å²) in [6.07, 6.45) is 2.63. The number of carbonyl (C=O) groups excluding carboxylic acids is 2. The van der Waals surface area contributed by atoms with E-state index in [1.807, 2.05) is 13.8 Å². The Morgan fingerprint density at radius 1 is 1.55 bits per heavy atom. The van der Waals surface area contributed by atoms with Crippen LogP contribution < -0.4 is 10.6 Å². The largest absolute Gasteiger partial charge is 0.376 e. The smallest absolute Gasteiger partial charge is 0.314 e. The normalized spacial score (nSPS) is 19.6. The molecule has 1 aromatic heterocycles. The summed E-state index contributed by atoms with van der Waals surface area (Å²) in [5.41, 5.74) is 2.45. The van der Waals surface area contributed by atoms with Crippen molar-refractivity contribution < 1.29 is 14.3 Å². The Morgan fingerprint density at radius 2 is 2.35 bits per heavy atom. The standard InChI is InChI=1S/C13H19N3O3S/c1-3-9-13(20-7-14-9)16-12(18)11(17)15-8(2)10-5-4-6-19-10/h7-8,10H,3-6H2,1-2H3,(H,15,17)(H,16,18)/t8-,10-/m1/s1. The highest BCUT2D eigenvalue weighted by Crippen LogP contribution is 2.20. The number of amides is 2. The number of hydrogen-bond acceptors (Lipinski definition) is 5. The van der Waals surface area contributed by atoms with E-state index in [-0.39, 0.29) is 12.1 Å². The minimum absolute atomic E-state index is 0.00126. The summed E-state index contributed by atoms with van der Waals surface area (Å²) in [6.45, 7) is 4.52. The fraction of sp³-hybridized carbons (Fsp3) is 0.615. The minimum atomic E-state index is -0.659. The van der Waals surface area contributed by atoms with Crippen LogP contribution in [0.3, 0.4) is 0 Å². The van der Waals surface area contributed by atoms with Gasteiger partial charge in [0.1, 0.15) is 5.00 Å². The molecule has 2 atom stereocenters. The molecule has 0 aliphatic carbocycles. The topological polar surface area (TPSA) is 80.3 Å². The van der Waals surface area contributed by atoms with Gasteiger partial charge in [0.25, 0.3) is 0 Å². The van der Waals surface area contributed by atoms with Crippen LogP contribution in [-0.4, -0.2) is 35.6 Å². The molecule has 0 saturated carbocycles. The van der Waals surface area contributed by atoms with Crippen LogP contribution in [0.25, 0.3) is 0 Å². The van der Waals surface area contributed by atoms with Crippen molar-refractivity contribution in [3.05, 3.63) is 11.2 Å². The second-order valence-corrected chi connectivity index (χ2v) is 5.60. The van der Waals surface area contributed by atoms with Crippen LogP contribution in [0, 0.1) is 0 Å². The van der Waals surface area contributed by atoms with Gasteiger partial charge in [-0.05, 0) is 26.2 Å². The number of nitrogens with zero attached hydrogens (tertiary/aromatic N) is 1. The predicted molar refractivity (Wildman–Crippen MR) is 76.7 cm³/mol. The molecule has 2 heterocycles. The molecular formula is C13H19N3O3S. The SMILES string of the molecule is CCc1ncsc1NC(=O)C(=O)N[C@H](C)[C@H]1CCCO1. The Morgan fingerprint density at radius 3 is 3.00 bits per heavy atom. The third-order valence-electron chi connectivity index (χ3n) is 3.29. The molecule has 6 nitrogen and oxygen atoms in total. The third kappa shape index (κ3) is 3.55. The zero-order valence-electron chi connectivity index (χ0n) is 11.6. The third-order valence-corrected chi connectivity index (χ3v) is 4.07. The maximum atomic E-state index is 11.8. The van der Waals surface area contributed by atoms with Gasteiger partial charge in [-0.1, -0.05) is 6.92 Å². The van der Waals surface area contributed by atoms with Gasteiger partial charge in [0.2, 0.25) is 0 Å². The first-order valence-electron chi connectivity index (χ1n) is 6.77. The molecule has 7 heteroatoms. The van der Waals surface area contributed by atoms with Gasteiger partial charge in [-0.25, -0.2) is 4.98 Å². The van der Waals surface area contributed by atoms with Gasteiger partial charge >= 0.3 is 11.8 Å². The number of aryl methyl sites for hydroxylation is 1. The summed E-state index contributed by atoms with van der Waals surface area (Å²) in [6, 6.07) is -0.164. The Labute approximate surface area is 121 Å². The molecule has 110 valence electrons. The predicted octanol–water partition coefficient (Wildman–Crippen LogP) is 1.33. The quantitative estimate of drug-likeness (QED) is 0.822. The molecule has 2 rings (SSSR count). The molecule has 2 N–H and O–H groups in total. The first-order chi connectivity index (χ1) is 9.61. The summed E-state index contributed by atoms with van der Waals surface area (Å²) in [7, 11) is 0. The van der Waals surface area contributed by atoms with E-state index < -0.39 is 11.8 Å². The van der Waals surface area contributed by atoms with Gasteiger partial charge in [-0.15, -0.1) is 11.3 Å². The number of thiazole rings is 1. The van der Waals surface area contributed by atoms with Gasteiger partial charge in [-0.3, -0.25) is 9.59 Å². The number of carbonyl (C=O) groups is 2. The minimum Gasteiger partial charge on any atom is -0.376 e. The molecule has 0 spiro atoms. The second-order valence-electron chi connectivity index (χ2n) is 4.75. The molecule has 0 unspecified atom stereocenters. The lowest BCUT2D eigenvalue weighted by atomic mass is 10.1. The zero-order valence-corrected chi connectivity index (χ0v) is 12.5. The van der Waals surface area contributed by atoms with Crippen LogP contribution in [0.5, 0.6) is 0 Å². The van der Waals surface area contributed by atoms with E-state index in [2.05, 4.69) is 15.6 Å². The summed E-state index contributed by atoms with van der Waals surface area (Å²) in [5.74, 6) is -1.29. The molecule has 1 aliphatic heterocycles. The Hall–Kier alpha value is -1.47. The van der Waals surface area contributed by atoms with E-state index in [0.717, 1.165) is 25.1 Å². The average Bonchev–Trinajstić information content (AvgIpc) is 3.09. The van der Waals surface area contributed by atoms with Crippen LogP contribution in [0.2, 0.25) is 0 Å². The van der Waals surface area contributed by atoms with E-state index in [9.17, 15) is 9.59 Å². The van der Waals surface area contributed by atoms with Crippen molar-refractivity contribution in [1.82, 2.24) is 10.3 Å². The van der Waals surface area contributed by atoms with Gasteiger partial charge in [0.05, 0.1) is 23.4 Å². The highest BCUT2D eigenvalue weighted by molar-refractivity contribution is 7.14. The molecule has 2 amide bonds. The lowest BCUT2D eigenvalue weighted by Gasteiger charge is -2.19.